The predicted molar refractivity (Wildman–Crippen MR) is 110 cm³/mol. The topological polar surface area (TPSA) is 61.4 Å². The number of hydrogen-bond donors (Lipinski definition) is 2. The standard InChI is InChI=1S/C21H21ClF3N3O2/c1-13(14-2-4-15(5-3-14)21(23,24)25)10-19(29)27-16-6-7-18(17(22)11-16)28-9-8-26-20(30)12-28/h2-7,11,13H,8-10,12H2,1H3,(H,26,30)(H,27,29). The van der Waals surface area contributed by atoms with Crippen molar-refractivity contribution < 1.29 is 22.8 Å². The SMILES string of the molecule is CC(CC(=O)Nc1ccc(N2CCNC(=O)C2)c(Cl)c1)c1ccc(C(F)(F)F)cc1. The fourth-order valence-corrected chi connectivity index (χ4v) is 3.59. The number of carbonyl (C=O) groups excluding carboxylic acids is 2. The summed E-state index contributed by atoms with van der Waals surface area (Å²) in [5, 5.41) is 5.92. The molecule has 1 saturated heterocycles. The summed E-state index contributed by atoms with van der Waals surface area (Å²) in [6, 6.07) is 9.88. The molecule has 0 radical (unpaired) electrons. The Morgan fingerprint density at radius 3 is 2.53 bits per heavy atom. The van der Waals surface area contributed by atoms with E-state index in [0.29, 0.717) is 35.1 Å². The van der Waals surface area contributed by atoms with Crippen molar-refractivity contribution in [3.8, 4) is 0 Å². The summed E-state index contributed by atoms with van der Waals surface area (Å²) in [5.41, 5.74) is 1.15. The third kappa shape index (κ3) is 5.44. The van der Waals surface area contributed by atoms with Crippen molar-refractivity contribution in [3.63, 3.8) is 0 Å². The Morgan fingerprint density at radius 2 is 1.93 bits per heavy atom. The number of halogens is 4. The maximum absolute atomic E-state index is 12.7. The predicted octanol–water partition coefficient (Wildman–Crippen LogP) is 4.43. The van der Waals surface area contributed by atoms with Crippen LogP contribution in [0.1, 0.15) is 30.4 Å². The highest BCUT2D eigenvalue weighted by Crippen LogP contribution is 2.31. The third-order valence-corrected chi connectivity index (χ3v) is 5.21. The Balaban J connectivity index is 1.60. The van der Waals surface area contributed by atoms with Crippen molar-refractivity contribution in [2.24, 2.45) is 0 Å². The Labute approximate surface area is 177 Å². The molecular formula is C21H21ClF3N3O2. The summed E-state index contributed by atoms with van der Waals surface area (Å²) < 4.78 is 38.0. The molecule has 2 aromatic rings. The lowest BCUT2D eigenvalue weighted by Gasteiger charge is -2.29. The lowest BCUT2D eigenvalue weighted by atomic mass is 9.96. The van der Waals surface area contributed by atoms with Gasteiger partial charge in [0, 0.05) is 25.2 Å². The van der Waals surface area contributed by atoms with Crippen LogP contribution in [0.5, 0.6) is 0 Å². The van der Waals surface area contributed by atoms with Gasteiger partial charge in [0.1, 0.15) is 0 Å². The third-order valence-electron chi connectivity index (χ3n) is 4.91. The first-order valence-corrected chi connectivity index (χ1v) is 9.79. The molecule has 9 heteroatoms. The summed E-state index contributed by atoms with van der Waals surface area (Å²) >= 11 is 6.33. The Hall–Kier alpha value is -2.74. The van der Waals surface area contributed by atoms with Gasteiger partial charge in [0.25, 0.3) is 0 Å². The zero-order chi connectivity index (χ0) is 21.9. The van der Waals surface area contributed by atoms with E-state index < -0.39 is 11.7 Å². The van der Waals surface area contributed by atoms with Gasteiger partial charge in [-0.25, -0.2) is 0 Å². The molecular weight excluding hydrogens is 419 g/mol. The van der Waals surface area contributed by atoms with E-state index in [0.717, 1.165) is 12.1 Å². The molecule has 5 nitrogen and oxygen atoms in total. The zero-order valence-corrected chi connectivity index (χ0v) is 17.0. The van der Waals surface area contributed by atoms with Crippen LogP contribution in [0.25, 0.3) is 0 Å². The molecule has 1 heterocycles. The van der Waals surface area contributed by atoms with Crippen LogP contribution in [0, 0.1) is 0 Å². The summed E-state index contributed by atoms with van der Waals surface area (Å²) in [6.07, 6.45) is -4.28. The van der Waals surface area contributed by atoms with Gasteiger partial charge in [-0.05, 0) is 41.8 Å². The van der Waals surface area contributed by atoms with E-state index >= 15 is 0 Å². The van der Waals surface area contributed by atoms with E-state index in [1.807, 2.05) is 4.90 Å². The number of carbonyl (C=O) groups is 2. The second kappa shape index (κ2) is 8.95. The van der Waals surface area contributed by atoms with E-state index in [-0.39, 0.29) is 30.7 Å². The van der Waals surface area contributed by atoms with Crippen molar-refractivity contribution in [2.75, 3.05) is 29.9 Å². The lowest BCUT2D eigenvalue weighted by Crippen LogP contribution is -2.47. The van der Waals surface area contributed by atoms with Gasteiger partial charge in [0.2, 0.25) is 11.8 Å². The molecule has 1 aliphatic rings. The average molecular weight is 440 g/mol. The second-order valence-corrected chi connectivity index (χ2v) is 7.62. The monoisotopic (exact) mass is 439 g/mol. The van der Waals surface area contributed by atoms with Crippen LogP contribution in [0.3, 0.4) is 0 Å². The smallest absolute Gasteiger partial charge is 0.359 e. The van der Waals surface area contributed by atoms with Gasteiger partial charge < -0.3 is 15.5 Å². The first-order valence-electron chi connectivity index (χ1n) is 9.41. The first kappa shape index (κ1) is 22.0. The van der Waals surface area contributed by atoms with E-state index in [1.54, 1.807) is 25.1 Å². The van der Waals surface area contributed by atoms with Crippen LogP contribution in [0.2, 0.25) is 5.02 Å². The quantitative estimate of drug-likeness (QED) is 0.724. The van der Waals surface area contributed by atoms with Crippen molar-refractivity contribution >= 4 is 34.8 Å². The van der Waals surface area contributed by atoms with Gasteiger partial charge in [-0.1, -0.05) is 30.7 Å². The van der Waals surface area contributed by atoms with Crippen LogP contribution in [-0.4, -0.2) is 31.4 Å². The number of piperazine rings is 1. The van der Waals surface area contributed by atoms with Crippen LogP contribution >= 0.6 is 11.6 Å². The Kier molecular flexibility index (Phi) is 6.55. The molecule has 2 amide bonds. The van der Waals surface area contributed by atoms with Gasteiger partial charge in [-0.2, -0.15) is 13.2 Å². The fraction of sp³-hybridized carbons (Fsp3) is 0.333. The number of amides is 2. The van der Waals surface area contributed by atoms with E-state index in [4.69, 9.17) is 11.6 Å². The minimum atomic E-state index is -4.39. The van der Waals surface area contributed by atoms with Gasteiger partial charge in [0.05, 0.1) is 22.8 Å². The van der Waals surface area contributed by atoms with Gasteiger partial charge in [-0.3, -0.25) is 9.59 Å². The number of rotatable bonds is 5. The highest BCUT2D eigenvalue weighted by Gasteiger charge is 2.30. The van der Waals surface area contributed by atoms with E-state index in [9.17, 15) is 22.8 Å². The highest BCUT2D eigenvalue weighted by atomic mass is 35.5. The largest absolute Gasteiger partial charge is 0.416 e. The molecule has 2 N–H and O–H groups in total. The molecule has 2 aromatic carbocycles. The summed E-state index contributed by atoms with van der Waals surface area (Å²) in [4.78, 5) is 25.8. The number of anilines is 2. The van der Waals surface area contributed by atoms with Gasteiger partial charge >= 0.3 is 6.18 Å². The van der Waals surface area contributed by atoms with E-state index in [2.05, 4.69) is 10.6 Å². The van der Waals surface area contributed by atoms with Crippen LogP contribution in [0.15, 0.2) is 42.5 Å². The second-order valence-electron chi connectivity index (χ2n) is 7.21. The maximum atomic E-state index is 12.7. The fourth-order valence-electron chi connectivity index (χ4n) is 3.29. The molecule has 30 heavy (non-hydrogen) atoms. The molecule has 0 bridgehead atoms. The Morgan fingerprint density at radius 1 is 1.23 bits per heavy atom. The number of nitrogens with zero attached hydrogens (tertiary/aromatic N) is 1. The molecule has 160 valence electrons. The van der Waals surface area contributed by atoms with Crippen LogP contribution in [-0.2, 0) is 15.8 Å². The number of alkyl halides is 3. The van der Waals surface area contributed by atoms with Crippen molar-refractivity contribution in [2.45, 2.75) is 25.4 Å². The van der Waals surface area contributed by atoms with Crippen LogP contribution < -0.4 is 15.5 Å². The molecule has 1 atom stereocenters. The van der Waals surface area contributed by atoms with Crippen molar-refractivity contribution in [3.05, 3.63) is 58.6 Å². The first-order chi connectivity index (χ1) is 14.1. The number of hydrogen-bond acceptors (Lipinski definition) is 3. The van der Waals surface area contributed by atoms with E-state index in [1.165, 1.54) is 12.1 Å². The summed E-state index contributed by atoms with van der Waals surface area (Å²) in [5.74, 6) is -0.607. The minimum Gasteiger partial charge on any atom is -0.359 e. The zero-order valence-electron chi connectivity index (χ0n) is 16.2. The molecule has 1 aliphatic heterocycles. The molecule has 1 fully saturated rings. The van der Waals surface area contributed by atoms with Gasteiger partial charge in [-0.15, -0.1) is 0 Å². The maximum Gasteiger partial charge on any atom is 0.416 e. The summed E-state index contributed by atoms with van der Waals surface area (Å²) in [7, 11) is 0. The molecule has 0 aromatic heterocycles. The van der Waals surface area contributed by atoms with Gasteiger partial charge in [0.15, 0.2) is 0 Å². The van der Waals surface area contributed by atoms with Crippen molar-refractivity contribution in [1.29, 1.82) is 0 Å². The number of nitrogens with one attached hydrogen (secondary N) is 2. The lowest BCUT2D eigenvalue weighted by molar-refractivity contribution is -0.137. The minimum absolute atomic E-state index is 0.0769. The molecule has 0 saturated carbocycles. The van der Waals surface area contributed by atoms with Crippen LogP contribution in [0.4, 0.5) is 24.5 Å². The molecule has 1 unspecified atom stereocenters. The normalized spacial score (nSPS) is 15.5. The Bertz CT molecular complexity index is 932. The summed E-state index contributed by atoms with van der Waals surface area (Å²) in [6.45, 7) is 3.17. The average Bonchev–Trinajstić information content (AvgIpc) is 2.67. The molecule has 0 aliphatic carbocycles. The highest BCUT2D eigenvalue weighted by molar-refractivity contribution is 6.33. The molecule has 0 spiro atoms. The number of benzene rings is 2. The van der Waals surface area contributed by atoms with Crippen molar-refractivity contribution in [1.82, 2.24) is 5.32 Å². The molecule has 3 rings (SSSR count).